The van der Waals surface area contributed by atoms with Crippen LogP contribution in [0, 0.1) is 11.6 Å². The Labute approximate surface area is 227 Å². The number of anilines is 2. The van der Waals surface area contributed by atoms with E-state index in [2.05, 4.69) is 30.6 Å². The minimum Gasteiger partial charge on any atom is -0.383 e. The highest BCUT2D eigenvalue weighted by Crippen LogP contribution is 2.31. The largest absolute Gasteiger partial charge is 0.383 e. The fourth-order valence-electron chi connectivity index (χ4n) is 4.03. The van der Waals surface area contributed by atoms with E-state index in [1.165, 1.54) is 12.4 Å². The van der Waals surface area contributed by atoms with Gasteiger partial charge in [-0.3, -0.25) is 4.79 Å². The summed E-state index contributed by atoms with van der Waals surface area (Å²) < 4.78 is 26.8. The van der Waals surface area contributed by atoms with E-state index in [9.17, 15) is 13.6 Å². The van der Waals surface area contributed by atoms with Gasteiger partial charge in [0.15, 0.2) is 23.1 Å². The van der Waals surface area contributed by atoms with Crippen LogP contribution in [0.5, 0.6) is 0 Å². The van der Waals surface area contributed by atoms with E-state index in [1.807, 2.05) is 37.3 Å². The van der Waals surface area contributed by atoms with Crippen molar-refractivity contribution in [3.63, 3.8) is 0 Å². The summed E-state index contributed by atoms with van der Waals surface area (Å²) >= 11 is 1.60. The van der Waals surface area contributed by atoms with Gasteiger partial charge in [-0.1, -0.05) is 25.5 Å². The number of thiophene rings is 1. The molecule has 1 amide bonds. The number of hydrogen-bond acceptors (Lipinski definition) is 8. The van der Waals surface area contributed by atoms with Gasteiger partial charge in [-0.15, -0.1) is 11.3 Å². The Morgan fingerprint density at radius 3 is 2.69 bits per heavy atom. The van der Waals surface area contributed by atoms with Crippen LogP contribution >= 0.6 is 11.3 Å². The molecule has 39 heavy (non-hydrogen) atoms. The van der Waals surface area contributed by atoms with E-state index < -0.39 is 17.5 Å². The van der Waals surface area contributed by atoms with Crippen LogP contribution in [-0.4, -0.2) is 25.8 Å². The second-order valence-corrected chi connectivity index (χ2v) is 10.0. The van der Waals surface area contributed by atoms with Gasteiger partial charge in [-0.05, 0) is 53.9 Å². The molecule has 5 aromatic rings. The Morgan fingerprint density at radius 2 is 1.87 bits per heavy atom. The average molecular weight is 546 g/mol. The van der Waals surface area contributed by atoms with E-state index >= 15 is 0 Å². The van der Waals surface area contributed by atoms with Crippen LogP contribution < -0.4 is 16.4 Å². The van der Waals surface area contributed by atoms with Gasteiger partial charge in [0, 0.05) is 21.7 Å². The summed E-state index contributed by atoms with van der Waals surface area (Å²) in [5.74, 6) is -1.60. The summed E-state index contributed by atoms with van der Waals surface area (Å²) in [6.07, 6.45) is 4.62. The molecule has 0 spiro atoms. The van der Waals surface area contributed by atoms with Crippen LogP contribution in [-0.2, 0) is 19.5 Å². The van der Waals surface area contributed by atoms with Crippen molar-refractivity contribution in [2.75, 3.05) is 11.1 Å². The molecule has 11 heteroatoms. The molecule has 8 nitrogen and oxygen atoms in total. The standard InChI is InChI=1S/C28H25F2N7OS/c1-2-3-18-13-32-27(25(37-18)28(38)34-12-16-4-7-21(29)22(30)10-16)33-14-19-6-9-24(39-19)17-5-8-23-20(11-17)26(31)36-15-35-23/h4-11,13,15H,2-3,12,14H2,1H3,(H,32,33)(H,34,38)(H2,31,35,36). The summed E-state index contributed by atoms with van der Waals surface area (Å²) in [5.41, 5.74) is 9.07. The Kier molecular flexibility index (Phi) is 7.69. The highest BCUT2D eigenvalue weighted by atomic mass is 32.1. The van der Waals surface area contributed by atoms with Crippen molar-refractivity contribution in [3.8, 4) is 10.4 Å². The lowest BCUT2D eigenvalue weighted by molar-refractivity contribution is 0.0946. The van der Waals surface area contributed by atoms with Crippen LogP contribution in [0.2, 0.25) is 0 Å². The number of fused-ring (bicyclic) bond motifs is 1. The molecule has 0 aliphatic heterocycles. The first-order valence-electron chi connectivity index (χ1n) is 12.3. The molecule has 5 rings (SSSR count). The zero-order valence-electron chi connectivity index (χ0n) is 21.0. The Hall–Kier alpha value is -4.51. The number of amides is 1. The molecule has 3 aromatic heterocycles. The first kappa shape index (κ1) is 26.1. The predicted octanol–water partition coefficient (Wildman–Crippen LogP) is 5.50. The molecule has 4 N–H and O–H groups in total. The van der Waals surface area contributed by atoms with Crippen LogP contribution in [0.25, 0.3) is 21.3 Å². The maximum absolute atomic E-state index is 13.6. The first-order chi connectivity index (χ1) is 18.9. The number of halogens is 2. The van der Waals surface area contributed by atoms with Crippen LogP contribution in [0.3, 0.4) is 0 Å². The SMILES string of the molecule is CCCc1cnc(NCc2ccc(-c3ccc4ncnc(N)c4c3)s2)c(C(=O)NCc2ccc(F)c(F)c2)n1. The van der Waals surface area contributed by atoms with E-state index in [0.29, 0.717) is 35.9 Å². The molecule has 0 bridgehead atoms. The third kappa shape index (κ3) is 5.99. The smallest absolute Gasteiger partial charge is 0.274 e. The molecule has 0 radical (unpaired) electrons. The van der Waals surface area contributed by atoms with E-state index in [-0.39, 0.29) is 12.2 Å². The lowest BCUT2D eigenvalue weighted by Crippen LogP contribution is -2.26. The summed E-state index contributed by atoms with van der Waals surface area (Å²) in [6, 6.07) is 13.4. The fraction of sp³-hybridized carbons (Fsp3) is 0.179. The van der Waals surface area contributed by atoms with Gasteiger partial charge in [-0.2, -0.15) is 0 Å². The number of rotatable bonds is 9. The molecule has 0 aliphatic carbocycles. The van der Waals surface area contributed by atoms with E-state index in [1.54, 1.807) is 17.5 Å². The maximum Gasteiger partial charge on any atom is 0.274 e. The number of nitrogens with one attached hydrogen (secondary N) is 2. The number of benzene rings is 2. The molecule has 0 unspecified atom stereocenters. The third-order valence-corrected chi connectivity index (χ3v) is 7.16. The van der Waals surface area contributed by atoms with Crippen LogP contribution in [0.1, 0.15) is 40.0 Å². The second kappa shape index (κ2) is 11.5. The van der Waals surface area contributed by atoms with Gasteiger partial charge < -0.3 is 16.4 Å². The van der Waals surface area contributed by atoms with Crippen molar-refractivity contribution in [3.05, 3.63) is 94.5 Å². The van der Waals surface area contributed by atoms with Gasteiger partial charge in [0.2, 0.25) is 0 Å². The summed E-state index contributed by atoms with van der Waals surface area (Å²) in [4.78, 5) is 32.4. The van der Waals surface area contributed by atoms with Crippen LogP contribution in [0.4, 0.5) is 20.4 Å². The molecular formula is C28H25F2N7OS. The number of carbonyl (C=O) groups is 1. The van der Waals surface area contributed by atoms with E-state index in [0.717, 1.165) is 44.8 Å². The quantitative estimate of drug-likeness (QED) is 0.224. The minimum absolute atomic E-state index is 0.0186. The number of nitrogen functional groups attached to an aromatic ring is 1. The van der Waals surface area contributed by atoms with Gasteiger partial charge in [-0.25, -0.2) is 28.7 Å². The molecule has 0 saturated heterocycles. The lowest BCUT2D eigenvalue weighted by Gasteiger charge is -2.12. The van der Waals surface area contributed by atoms with Gasteiger partial charge in [0.1, 0.15) is 12.1 Å². The number of aromatic nitrogens is 4. The molecule has 198 valence electrons. The monoisotopic (exact) mass is 545 g/mol. The van der Waals surface area contributed by atoms with Crippen molar-refractivity contribution < 1.29 is 13.6 Å². The van der Waals surface area contributed by atoms with Crippen molar-refractivity contribution >= 4 is 39.8 Å². The summed E-state index contributed by atoms with van der Waals surface area (Å²) in [7, 11) is 0. The van der Waals surface area contributed by atoms with Crippen molar-refractivity contribution in [1.82, 2.24) is 25.3 Å². The Morgan fingerprint density at radius 1 is 1.00 bits per heavy atom. The number of nitrogens with two attached hydrogens (primary N) is 1. The topological polar surface area (TPSA) is 119 Å². The average Bonchev–Trinajstić information content (AvgIpc) is 3.42. The Balaban J connectivity index is 1.31. The molecule has 3 heterocycles. The zero-order valence-corrected chi connectivity index (χ0v) is 21.9. The number of aryl methyl sites for hydroxylation is 1. The first-order valence-corrected chi connectivity index (χ1v) is 13.1. The summed E-state index contributed by atoms with van der Waals surface area (Å²) in [6.45, 7) is 2.46. The third-order valence-electron chi connectivity index (χ3n) is 6.02. The molecule has 0 atom stereocenters. The number of carbonyl (C=O) groups excluding carboxylic acids is 1. The van der Waals surface area contributed by atoms with E-state index in [4.69, 9.17) is 5.73 Å². The molecule has 2 aromatic carbocycles. The molecular weight excluding hydrogens is 520 g/mol. The van der Waals surface area contributed by atoms with Gasteiger partial charge in [0.25, 0.3) is 5.91 Å². The fourth-order valence-corrected chi connectivity index (χ4v) is 4.98. The molecule has 0 fully saturated rings. The highest BCUT2D eigenvalue weighted by molar-refractivity contribution is 7.15. The normalized spacial score (nSPS) is 11.1. The van der Waals surface area contributed by atoms with Gasteiger partial charge >= 0.3 is 0 Å². The number of nitrogens with zero attached hydrogens (tertiary/aromatic N) is 4. The van der Waals surface area contributed by atoms with Gasteiger partial charge in [0.05, 0.1) is 24.0 Å². The second-order valence-electron chi connectivity index (χ2n) is 8.85. The lowest BCUT2D eigenvalue weighted by atomic mass is 10.1. The highest BCUT2D eigenvalue weighted by Gasteiger charge is 2.17. The van der Waals surface area contributed by atoms with Crippen molar-refractivity contribution in [2.24, 2.45) is 0 Å². The van der Waals surface area contributed by atoms with Crippen molar-refractivity contribution in [1.29, 1.82) is 0 Å². The predicted molar refractivity (Wildman–Crippen MR) is 148 cm³/mol. The van der Waals surface area contributed by atoms with Crippen LogP contribution in [0.15, 0.2) is 61.1 Å². The maximum atomic E-state index is 13.6. The summed E-state index contributed by atoms with van der Waals surface area (Å²) in [5, 5.41) is 6.75. The van der Waals surface area contributed by atoms with Crippen molar-refractivity contribution in [2.45, 2.75) is 32.9 Å². The minimum atomic E-state index is -0.968. The zero-order chi connectivity index (χ0) is 27.4. The molecule has 0 aliphatic rings. The Bertz CT molecular complexity index is 1660. The number of hydrogen-bond donors (Lipinski definition) is 3. The molecule has 0 saturated carbocycles.